The van der Waals surface area contributed by atoms with Crippen molar-refractivity contribution in [3.8, 4) is 0 Å². The van der Waals surface area contributed by atoms with Crippen LogP contribution in [-0.2, 0) is 17.5 Å². The Morgan fingerprint density at radius 2 is 2.04 bits per heavy atom. The number of halogens is 4. The van der Waals surface area contributed by atoms with Crippen molar-refractivity contribution in [2.45, 2.75) is 58.0 Å². The Bertz CT molecular complexity index is 644. The van der Waals surface area contributed by atoms with Crippen LogP contribution >= 0.6 is 15.9 Å². The topological polar surface area (TPSA) is 41.6 Å². The summed E-state index contributed by atoms with van der Waals surface area (Å²) in [4.78, 5) is 14.0. The van der Waals surface area contributed by atoms with E-state index in [1.54, 1.807) is 20.8 Å². The molecule has 1 heterocycles. The number of carbonyl (C=O) groups excluding carboxylic acids is 1. The molecular formula is C18H24BrF3N2O2. The summed E-state index contributed by atoms with van der Waals surface area (Å²) >= 11 is 3.33. The quantitative estimate of drug-likeness (QED) is 0.727. The summed E-state index contributed by atoms with van der Waals surface area (Å²) in [5.41, 5.74) is -0.643. The van der Waals surface area contributed by atoms with Gasteiger partial charge >= 0.3 is 12.3 Å². The van der Waals surface area contributed by atoms with E-state index in [1.165, 1.54) is 12.1 Å². The highest BCUT2D eigenvalue weighted by Gasteiger charge is 2.31. The molecule has 1 fully saturated rings. The highest BCUT2D eigenvalue weighted by molar-refractivity contribution is 9.10. The molecule has 1 aliphatic rings. The minimum absolute atomic E-state index is 0.0804. The maximum atomic E-state index is 12.9. The number of nitrogens with zero attached hydrogens (tertiary/aromatic N) is 1. The van der Waals surface area contributed by atoms with Gasteiger partial charge in [0.15, 0.2) is 0 Å². The number of alkyl halides is 3. The van der Waals surface area contributed by atoms with Gasteiger partial charge in [0.2, 0.25) is 0 Å². The van der Waals surface area contributed by atoms with E-state index >= 15 is 0 Å². The van der Waals surface area contributed by atoms with Crippen LogP contribution in [0.25, 0.3) is 0 Å². The molecule has 1 saturated heterocycles. The number of benzene rings is 1. The largest absolute Gasteiger partial charge is 0.444 e. The molecule has 0 aliphatic carbocycles. The molecule has 0 saturated carbocycles. The Hall–Kier alpha value is -1.28. The van der Waals surface area contributed by atoms with Crippen molar-refractivity contribution in [3.05, 3.63) is 33.8 Å². The molecule has 26 heavy (non-hydrogen) atoms. The third-order valence-corrected chi connectivity index (χ3v) is 4.77. The summed E-state index contributed by atoms with van der Waals surface area (Å²) in [6.45, 7) is 7.12. The second-order valence-corrected chi connectivity index (χ2v) is 8.38. The lowest BCUT2D eigenvalue weighted by Gasteiger charge is -2.33. The van der Waals surface area contributed by atoms with Gasteiger partial charge in [0.1, 0.15) is 5.60 Å². The van der Waals surface area contributed by atoms with Gasteiger partial charge in [0.25, 0.3) is 0 Å². The van der Waals surface area contributed by atoms with Gasteiger partial charge in [-0.2, -0.15) is 13.2 Å². The Kier molecular flexibility index (Phi) is 6.60. The Balaban J connectivity index is 1.99. The van der Waals surface area contributed by atoms with Crippen molar-refractivity contribution >= 4 is 22.0 Å². The molecule has 2 rings (SSSR count). The zero-order valence-electron chi connectivity index (χ0n) is 15.1. The van der Waals surface area contributed by atoms with Gasteiger partial charge in [-0.3, -0.25) is 4.90 Å². The van der Waals surface area contributed by atoms with Crippen LogP contribution in [0, 0.1) is 0 Å². The molecule has 8 heteroatoms. The van der Waals surface area contributed by atoms with Crippen LogP contribution in [0.5, 0.6) is 0 Å². The predicted octanol–water partition coefficient (Wildman–Crippen LogP) is 4.96. The molecule has 1 unspecified atom stereocenters. The molecule has 1 amide bonds. The zero-order valence-corrected chi connectivity index (χ0v) is 16.7. The second-order valence-electron chi connectivity index (χ2n) is 7.52. The van der Waals surface area contributed by atoms with Gasteiger partial charge in [-0.1, -0.05) is 15.9 Å². The number of hydrogen-bond donors (Lipinski definition) is 1. The van der Waals surface area contributed by atoms with Gasteiger partial charge in [-0.25, -0.2) is 4.79 Å². The van der Waals surface area contributed by atoms with E-state index < -0.39 is 23.4 Å². The van der Waals surface area contributed by atoms with Gasteiger partial charge in [0.05, 0.1) is 5.56 Å². The summed E-state index contributed by atoms with van der Waals surface area (Å²) < 4.78 is 44.7. The normalized spacial score (nSPS) is 19.3. The summed E-state index contributed by atoms with van der Waals surface area (Å²) in [5, 5.41) is 2.85. The van der Waals surface area contributed by atoms with Crippen molar-refractivity contribution in [2.75, 3.05) is 13.1 Å². The van der Waals surface area contributed by atoms with Crippen LogP contribution in [0.1, 0.15) is 44.7 Å². The number of piperidine rings is 1. The van der Waals surface area contributed by atoms with Gasteiger partial charge < -0.3 is 10.1 Å². The molecule has 4 nitrogen and oxygen atoms in total. The Morgan fingerprint density at radius 3 is 2.65 bits per heavy atom. The number of rotatable bonds is 3. The maximum Gasteiger partial charge on any atom is 0.416 e. The average molecular weight is 437 g/mol. The third-order valence-electron chi connectivity index (χ3n) is 3.99. The number of hydrogen-bond acceptors (Lipinski definition) is 3. The van der Waals surface area contributed by atoms with Crippen LogP contribution < -0.4 is 5.32 Å². The first-order chi connectivity index (χ1) is 11.9. The molecule has 1 aromatic rings. The first-order valence-corrected chi connectivity index (χ1v) is 9.31. The lowest BCUT2D eigenvalue weighted by molar-refractivity contribution is -0.137. The molecule has 0 aromatic heterocycles. The van der Waals surface area contributed by atoms with Crippen LogP contribution in [0.15, 0.2) is 22.7 Å². The van der Waals surface area contributed by atoms with Crippen molar-refractivity contribution in [1.29, 1.82) is 0 Å². The summed E-state index contributed by atoms with van der Waals surface area (Å²) in [7, 11) is 0. The van der Waals surface area contributed by atoms with E-state index in [9.17, 15) is 18.0 Å². The number of likely N-dealkylation sites (tertiary alicyclic amines) is 1. The van der Waals surface area contributed by atoms with E-state index in [4.69, 9.17) is 4.74 Å². The highest BCUT2D eigenvalue weighted by atomic mass is 79.9. The van der Waals surface area contributed by atoms with E-state index in [0.717, 1.165) is 25.5 Å². The summed E-state index contributed by atoms with van der Waals surface area (Å²) in [5.74, 6) is 0. The van der Waals surface area contributed by atoms with Crippen molar-refractivity contribution in [2.24, 2.45) is 0 Å². The minimum atomic E-state index is -4.36. The van der Waals surface area contributed by atoms with Gasteiger partial charge in [-0.15, -0.1) is 0 Å². The zero-order chi connectivity index (χ0) is 19.5. The Labute approximate surface area is 160 Å². The van der Waals surface area contributed by atoms with E-state index in [-0.39, 0.29) is 6.04 Å². The van der Waals surface area contributed by atoms with Gasteiger partial charge in [0, 0.05) is 23.6 Å². The minimum Gasteiger partial charge on any atom is -0.444 e. The maximum absolute atomic E-state index is 12.9. The van der Waals surface area contributed by atoms with Crippen LogP contribution in [0.4, 0.5) is 18.0 Å². The number of nitrogens with one attached hydrogen (secondary N) is 1. The smallest absolute Gasteiger partial charge is 0.416 e. The molecule has 1 atom stereocenters. The van der Waals surface area contributed by atoms with Crippen molar-refractivity contribution in [3.63, 3.8) is 0 Å². The first-order valence-electron chi connectivity index (χ1n) is 8.51. The first kappa shape index (κ1) is 21.0. The van der Waals surface area contributed by atoms with Crippen LogP contribution in [0.3, 0.4) is 0 Å². The highest BCUT2D eigenvalue weighted by Crippen LogP contribution is 2.32. The molecular weight excluding hydrogens is 413 g/mol. The lowest BCUT2D eigenvalue weighted by atomic mass is 10.0. The average Bonchev–Trinajstić information content (AvgIpc) is 2.46. The fourth-order valence-electron chi connectivity index (χ4n) is 2.90. The molecule has 146 valence electrons. The van der Waals surface area contributed by atoms with Crippen LogP contribution in [0.2, 0.25) is 0 Å². The molecule has 1 aromatic carbocycles. The number of ether oxygens (including phenoxy) is 1. The number of amides is 1. The number of alkyl carbamates (subject to hydrolysis) is 1. The van der Waals surface area contributed by atoms with E-state index in [1.807, 2.05) is 4.90 Å². The van der Waals surface area contributed by atoms with Crippen molar-refractivity contribution < 1.29 is 22.7 Å². The lowest BCUT2D eigenvalue weighted by Crippen LogP contribution is -2.48. The fourth-order valence-corrected chi connectivity index (χ4v) is 3.28. The van der Waals surface area contributed by atoms with Crippen LogP contribution in [-0.4, -0.2) is 35.7 Å². The monoisotopic (exact) mass is 436 g/mol. The third kappa shape index (κ3) is 6.46. The Morgan fingerprint density at radius 1 is 1.35 bits per heavy atom. The van der Waals surface area contributed by atoms with Crippen molar-refractivity contribution in [1.82, 2.24) is 10.2 Å². The molecule has 0 radical (unpaired) electrons. The number of carbonyl (C=O) groups is 1. The predicted molar refractivity (Wildman–Crippen MR) is 96.8 cm³/mol. The van der Waals surface area contributed by atoms with E-state index in [0.29, 0.717) is 23.1 Å². The molecule has 1 N–H and O–H groups in total. The SMILES string of the molecule is CC(C)(C)OC(=O)NC1CCCN(Cc2cc(C(F)(F)F)ccc2Br)C1. The molecule has 1 aliphatic heterocycles. The van der Waals surface area contributed by atoms with E-state index in [2.05, 4.69) is 21.2 Å². The van der Waals surface area contributed by atoms with Gasteiger partial charge in [-0.05, 0) is 63.9 Å². The summed E-state index contributed by atoms with van der Waals surface area (Å²) in [6, 6.07) is 3.59. The fraction of sp³-hybridized carbons (Fsp3) is 0.611. The standard InChI is InChI=1S/C18H24BrF3N2O2/c1-17(2,3)26-16(25)23-14-5-4-8-24(11-14)10-12-9-13(18(20,21)22)6-7-15(12)19/h6-7,9,14H,4-5,8,10-11H2,1-3H3,(H,23,25). The second kappa shape index (κ2) is 8.17. The summed E-state index contributed by atoms with van der Waals surface area (Å²) in [6.07, 6.45) is -3.15. The molecule has 0 bridgehead atoms. The molecule has 0 spiro atoms.